The van der Waals surface area contributed by atoms with Crippen LogP contribution in [0.2, 0.25) is 0 Å². The summed E-state index contributed by atoms with van der Waals surface area (Å²) in [5, 5.41) is 7.87. The average molecular weight is 209 g/mol. The minimum Gasteiger partial charge on any atom is -0.314 e. The molecule has 15 heavy (non-hydrogen) atoms. The third-order valence-electron chi connectivity index (χ3n) is 2.70. The molecule has 0 bridgehead atoms. The quantitative estimate of drug-likeness (QED) is 0.747. The fraction of sp³-hybridized carbons (Fsp3) is 0.750. The van der Waals surface area contributed by atoms with Crippen molar-refractivity contribution in [3.8, 4) is 0 Å². The first kappa shape index (κ1) is 12.2. The second kappa shape index (κ2) is 6.62. The van der Waals surface area contributed by atoms with Crippen molar-refractivity contribution in [1.29, 1.82) is 0 Å². The monoisotopic (exact) mass is 209 g/mol. The van der Waals surface area contributed by atoms with Crippen molar-refractivity contribution >= 4 is 0 Å². The van der Waals surface area contributed by atoms with E-state index in [0.29, 0.717) is 6.04 Å². The van der Waals surface area contributed by atoms with E-state index in [9.17, 15) is 0 Å². The lowest BCUT2D eigenvalue weighted by Crippen LogP contribution is -2.28. The van der Waals surface area contributed by atoms with Crippen molar-refractivity contribution in [2.75, 3.05) is 6.54 Å². The fourth-order valence-electron chi connectivity index (χ4n) is 1.83. The molecule has 0 aliphatic heterocycles. The van der Waals surface area contributed by atoms with E-state index in [1.807, 2.05) is 11.6 Å². The normalized spacial score (nSPS) is 13.0. The minimum absolute atomic E-state index is 0.673. The van der Waals surface area contributed by atoms with Crippen LogP contribution in [0.15, 0.2) is 12.3 Å². The predicted octanol–water partition coefficient (Wildman–Crippen LogP) is 2.36. The van der Waals surface area contributed by atoms with Crippen LogP contribution in [0.4, 0.5) is 0 Å². The van der Waals surface area contributed by atoms with Gasteiger partial charge in [-0.1, -0.05) is 13.8 Å². The van der Waals surface area contributed by atoms with Gasteiger partial charge in [0.05, 0.1) is 5.69 Å². The maximum atomic E-state index is 4.38. The van der Waals surface area contributed by atoms with Crippen LogP contribution in [0.3, 0.4) is 0 Å². The van der Waals surface area contributed by atoms with Crippen LogP contribution in [0.5, 0.6) is 0 Å². The summed E-state index contributed by atoms with van der Waals surface area (Å²) in [6, 6.07) is 2.73. The van der Waals surface area contributed by atoms with E-state index in [1.54, 1.807) is 0 Å². The van der Waals surface area contributed by atoms with Crippen molar-refractivity contribution in [1.82, 2.24) is 15.1 Å². The Morgan fingerprint density at radius 2 is 2.27 bits per heavy atom. The molecule has 1 atom stereocenters. The van der Waals surface area contributed by atoms with Gasteiger partial charge in [-0.2, -0.15) is 5.10 Å². The second-order valence-electron chi connectivity index (χ2n) is 4.03. The van der Waals surface area contributed by atoms with Crippen molar-refractivity contribution in [2.45, 2.75) is 52.6 Å². The van der Waals surface area contributed by atoms with Crippen LogP contribution < -0.4 is 5.32 Å². The topological polar surface area (TPSA) is 29.9 Å². The second-order valence-corrected chi connectivity index (χ2v) is 4.03. The fourth-order valence-corrected chi connectivity index (χ4v) is 1.83. The Kier molecular flexibility index (Phi) is 5.40. The van der Waals surface area contributed by atoms with E-state index in [2.05, 4.69) is 36.5 Å². The van der Waals surface area contributed by atoms with Gasteiger partial charge in [-0.3, -0.25) is 4.68 Å². The Hall–Kier alpha value is -0.830. The molecule has 1 N–H and O–H groups in total. The number of hydrogen-bond donors (Lipinski definition) is 1. The van der Waals surface area contributed by atoms with E-state index in [4.69, 9.17) is 0 Å². The molecular weight excluding hydrogens is 186 g/mol. The summed E-state index contributed by atoms with van der Waals surface area (Å²) in [5.41, 5.74) is 1.11. The lowest BCUT2D eigenvalue weighted by atomic mass is 10.1. The first-order chi connectivity index (χ1) is 7.26. The standard InChI is InChI=1S/C12H23N3/c1-4-12(13-5-2)7-6-9-15-10-8-11(3)14-15/h8,10,12-13H,4-7,9H2,1-3H3. The molecule has 3 nitrogen and oxygen atoms in total. The maximum absolute atomic E-state index is 4.38. The molecule has 0 fully saturated rings. The van der Waals surface area contributed by atoms with Gasteiger partial charge in [0.2, 0.25) is 0 Å². The highest BCUT2D eigenvalue weighted by Crippen LogP contribution is 2.03. The third-order valence-corrected chi connectivity index (χ3v) is 2.70. The van der Waals surface area contributed by atoms with Crippen LogP contribution in [0, 0.1) is 6.92 Å². The van der Waals surface area contributed by atoms with Gasteiger partial charge in [-0.15, -0.1) is 0 Å². The van der Waals surface area contributed by atoms with Gasteiger partial charge in [0.25, 0.3) is 0 Å². The van der Waals surface area contributed by atoms with Crippen LogP contribution >= 0.6 is 0 Å². The summed E-state index contributed by atoms with van der Waals surface area (Å²) in [6.07, 6.45) is 5.71. The third kappa shape index (κ3) is 4.47. The summed E-state index contributed by atoms with van der Waals surface area (Å²) >= 11 is 0. The molecule has 0 spiro atoms. The van der Waals surface area contributed by atoms with Crippen LogP contribution in [-0.4, -0.2) is 22.4 Å². The van der Waals surface area contributed by atoms with Crippen LogP contribution in [0.1, 0.15) is 38.8 Å². The molecule has 3 heteroatoms. The molecule has 86 valence electrons. The van der Waals surface area contributed by atoms with Gasteiger partial charge >= 0.3 is 0 Å². The molecular formula is C12H23N3. The molecule has 1 aromatic rings. The van der Waals surface area contributed by atoms with Crippen LogP contribution in [-0.2, 0) is 6.54 Å². The van der Waals surface area contributed by atoms with Gasteiger partial charge in [0, 0.05) is 18.8 Å². The van der Waals surface area contributed by atoms with Gasteiger partial charge in [0.1, 0.15) is 0 Å². The Morgan fingerprint density at radius 1 is 1.47 bits per heavy atom. The number of hydrogen-bond acceptors (Lipinski definition) is 2. The highest BCUT2D eigenvalue weighted by Gasteiger charge is 2.03. The van der Waals surface area contributed by atoms with E-state index >= 15 is 0 Å². The predicted molar refractivity (Wildman–Crippen MR) is 64.0 cm³/mol. The summed E-state index contributed by atoms with van der Waals surface area (Å²) in [6.45, 7) is 8.55. The summed E-state index contributed by atoms with van der Waals surface area (Å²) in [7, 11) is 0. The SMILES string of the molecule is CCNC(CC)CCCn1ccc(C)n1. The van der Waals surface area contributed by atoms with Gasteiger partial charge in [-0.25, -0.2) is 0 Å². The number of nitrogens with one attached hydrogen (secondary N) is 1. The molecule has 0 aliphatic rings. The number of nitrogens with zero attached hydrogens (tertiary/aromatic N) is 2. The van der Waals surface area contributed by atoms with E-state index in [1.165, 1.54) is 19.3 Å². The summed E-state index contributed by atoms with van der Waals surface area (Å²) in [5.74, 6) is 0. The Labute approximate surface area is 92.9 Å². The molecule has 0 aliphatic carbocycles. The molecule has 1 heterocycles. The van der Waals surface area contributed by atoms with Crippen molar-refractivity contribution < 1.29 is 0 Å². The first-order valence-corrected chi connectivity index (χ1v) is 5.99. The smallest absolute Gasteiger partial charge is 0.0593 e. The van der Waals surface area contributed by atoms with Crippen molar-refractivity contribution in [3.05, 3.63) is 18.0 Å². The Morgan fingerprint density at radius 3 is 2.80 bits per heavy atom. The highest BCUT2D eigenvalue weighted by atomic mass is 15.3. The molecule has 1 unspecified atom stereocenters. The molecule has 0 saturated carbocycles. The molecule has 0 saturated heterocycles. The first-order valence-electron chi connectivity index (χ1n) is 5.99. The van der Waals surface area contributed by atoms with Crippen molar-refractivity contribution in [3.63, 3.8) is 0 Å². The maximum Gasteiger partial charge on any atom is 0.0593 e. The zero-order valence-electron chi connectivity index (χ0n) is 10.2. The molecule has 0 radical (unpaired) electrons. The zero-order valence-corrected chi connectivity index (χ0v) is 10.2. The number of aromatic nitrogens is 2. The molecule has 0 amide bonds. The molecule has 1 aromatic heterocycles. The lowest BCUT2D eigenvalue weighted by Gasteiger charge is -2.15. The molecule has 1 rings (SSSR count). The van der Waals surface area contributed by atoms with Gasteiger partial charge in [0.15, 0.2) is 0 Å². The Bertz CT molecular complexity index is 268. The average Bonchev–Trinajstić information content (AvgIpc) is 2.63. The van der Waals surface area contributed by atoms with Gasteiger partial charge in [-0.05, 0) is 38.8 Å². The Balaban J connectivity index is 2.20. The van der Waals surface area contributed by atoms with E-state index in [0.717, 1.165) is 18.8 Å². The summed E-state index contributed by atoms with van der Waals surface area (Å²) < 4.78 is 2.04. The van der Waals surface area contributed by atoms with E-state index in [-0.39, 0.29) is 0 Å². The minimum atomic E-state index is 0.673. The summed E-state index contributed by atoms with van der Waals surface area (Å²) in [4.78, 5) is 0. The van der Waals surface area contributed by atoms with Gasteiger partial charge < -0.3 is 5.32 Å². The van der Waals surface area contributed by atoms with Crippen molar-refractivity contribution in [2.24, 2.45) is 0 Å². The zero-order chi connectivity index (χ0) is 11.1. The molecule has 0 aromatic carbocycles. The number of aryl methyl sites for hydroxylation is 2. The number of rotatable bonds is 7. The largest absolute Gasteiger partial charge is 0.314 e. The lowest BCUT2D eigenvalue weighted by molar-refractivity contribution is 0.439. The van der Waals surface area contributed by atoms with E-state index < -0.39 is 0 Å². The van der Waals surface area contributed by atoms with Crippen LogP contribution in [0.25, 0.3) is 0 Å². The highest BCUT2D eigenvalue weighted by molar-refractivity contribution is 4.94.